The molecule has 76 heavy (non-hydrogen) atoms. The van der Waals surface area contributed by atoms with E-state index in [0.717, 1.165) is 20.8 Å². The van der Waals surface area contributed by atoms with E-state index < -0.39 is 17.5 Å². The molecule has 1 N–H and O–H groups in total. The predicted molar refractivity (Wildman–Crippen MR) is 327 cm³/mol. The fourth-order valence-electron chi connectivity index (χ4n) is 10.1. The van der Waals surface area contributed by atoms with Crippen LogP contribution in [0.5, 0.6) is 0 Å². The molecule has 10 aromatic rings. The highest BCUT2D eigenvalue weighted by Gasteiger charge is 2.35. The van der Waals surface area contributed by atoms with E-state index in [2.05, 4.69) is 212 Å². The number of hydrogen-bond acceptors (Lipinski definition) is 10. The van der Waals surface area contributed by atoms with E-state index in [1.54, 1.807) is 0 Å². The molecule has 2 atom stereocenters. The lowest BCUT2D eigenvalue weighted by atomic mass is 9.90. The summed E-state index contributed by atoms with van der Waals surface area (Å²) in [4.78, 5) is 30.2. The number of carbonyl (C=O) groups excluding carboxylic acids is 2. The summed E-state index contributed by atoms with van der Waals surface area (Å²) in [5, 5.41) is 8.33. The van der Waals surface area contributed by atoms with Gasteiger partial charge in [-0.1, -0.05) is 158 Å². The minimum Gasteiger partial charge on any atom is -0.461 e. The summed E-state index contributed by atoms with van der Waals surface area (Å²) >= 11 is 11.1. The zero-order valence-corrected chi connectivity index (χ0v) is 46.2. The van der Waals surface area contributed by atoms with Crippen LogP contribution in [0.3, 0.4) is 0 Å². The zero-order chi connectivity index (χ0) is 51.4. The van der Waals surface area contributed by atoms with Gasteiger partial charge < -0.3 is 14.8 Å². The standard InChI is InChI=1S/C65H51NO4S6/c1-2-60(67)69-34-33-66-64(68)70-38-65(39-71-45-18-9-15-42(35-45)48-24-12-27-54-51-21-3-6-30-57(51)74-61(48)54,40-72-46-19-10-16-43(36-46)49-25-13-28-55-52-22-4-7-31-58(52)75-62(49)55)41-73-47-20-11-17-44(37-47)50-26-14-29-56-53-23-5-8-32-59(53)76-63(50)56/h2-32,35-37,51,57H,1,33-34,38-41H2,(H,66,68). The van der Waals surface area contributed by atoms with Gasteiger partial charge in [0, 0.05) is 99.8 Å². The summed E-state index contributed by atoms with van der Waals surface area (Å²) in [6, 6.07) is 64.0. The minimum absolute atomic E-state index is 0.0119. The molecule has 12 rings (SSSR count). The molecule has 0 saturated carbocycles. The molecule has 11 heteroatoms. The second-order valence-corrected chi connectivity index (χ2v) is 25.4. The molecule has 1 aliphatic heterocycles. The molecule has 1 amide bonds. The molecule has 1 aliphatic carbocycles. The number of fused-ring (bicyclic) bond motifs is 9. The first-order valence-corrected chi connectivity index (χ1v) is 30.7. The predicted octanol–water partition coefficient (Wildman–Crippen LogP) is 18.2. The quantitative estimate of drug-likeness (QED) is 0.0395. The maximum atomic E-state index is 13.6. The number of benzene rings is 8. The Bertz CT molecular complexity index is 3730. The van der Waals surface area contributed by atoms with Crippen molar-refractivity contribution in [2.24, 2.45) is 5.41 Å². The highest BCUT2D eigenvalue weighted by Crippen LogP contribution is 2.52. The number of hydrogen-bond donors (Lipinski definition) is 1. The molecule has 0 bridgehead atoms. The zero-order valence-electron chi connectivity index (χ0n) is 41.3. The van der Waals surface area contributed by atoms with Crippen LogP contribution in [0.4, 0.5) is 4.79 Å². The van der Waals surface area contributed by atoms with Crippen molar-refractivity contribution in [1.82, 2.24) is 5.32 Å². The van der Waals surface area contributed by atoms with Crippen molar-refractivity contribution in [3.63, 3.8) is 0 Å². The first-order chi connectivity index (χ1) is 37.4. The van der Waals surface area contributed by atoms with E-state index in [9.17, 15) is 9.59 Å². The Balaban J connectivity index is 0.877. The van der Waals surface area contributed by atoms with Crippen molar-refractivity contribution in [3.05, 3.63) is 218 Å². The van der Waals surface area contributed by atoms with E-state index >= 15 is 0 Å². The smallest absolute Gasteiger partial charge is 0.407 e. The number of rotatable bonds is 18. The van der Waals surface area contributed by atoms with Gasteiger partial charge in [-0.3, -0.25) is 0 Å². The van der Waals surface area contributed by atoms with Crippen LogP contribution < -0.4 is 5.32 Å². The van der Waals surface area contributed by atoms with Gasteiger partial charge >= 0.3 is 12.1 Å². The highest BCUT2D eigenvalue weighted by molar-refractivity contribution is 8.01. The van der Waals surface area contributed by atoms with Gasteiger partial charge in [0.1, 0.15) is 13.2 Å². The van der Waals surface area contributed by atoms with Crippen LogP contribution in [0.25, 0.3) is 73.7 Å². The molecule has 376 valence electrons. The van der Waals surface area contributed by atoms with Crippen LogP contribution >= 0.6 is 69.7 Å². The Morgan fingerprint density at radius 3 is 1.64 bits per heavy atom. The third-order valence-electron chi connectivity index (χ3n) is 13.9. The maximum Gasteiger partial charge on any atom is 0.407 e. The van der Waals surface area contributed by atoms with Gasteiger partial charge in [0.25, 0.3) is 0 Å². The minimum atomic E-state index is -0.557. The monoisotopic (exact) mass is 1100 g/mol. The molecular weight excluding hydrogens is 1050 g/mol. The summed E-state index contributed by atoms with van der Waals surface area (Å²) in [7, 11) is 0. The number of thiophene rings is 2. The normalized spacial score (nSPS) is 14.8. The summed E-state index contributed by atoms with van der Waals surface area (Å²) in [6.45, 7) is 3.77. The number of esters is 1. The first kappa shape index (κ1) is 50.4. The molecule has 0 fully saturated rings. The summed E-state index contributed by atoms with van der Waals surface area (Å²) in [6.07, 6.45) is 9.55. The molecule has 0 radical (unpaired) electrons. The summed E-state index contributed by atoms with van der Waals surface area (Å²) in [5.41, 5.74) is 8.09. The van der Waals surface area contributed by atoms with E-state index in [4.69, 9.17) is 9.47 Å². The lowest BCUT2D eigenvalue weighted by Crippen LogP contribution is -2.39. The average Bonchev–Trinajstić information content (AvgIpc) is 4.20. The molecule has 2 aliphatic rings. The number of allylic oxidation sites excluding steroid dienone is 3. The number of alkyl carbamates (subject to hydrolysis) is 1. The van der Waals surface area contributed by atoms with E-state index in [-0.39, 0.29) is 19.8 Å². The number of thioether (sulfide) groups is 4. The summed E-state index contributed by atoms with van der Waals surface area (Å²) < 4.78 is 16.6. The van der Waals surface area contributed by atoms with E-state index in [1.807, 2.05) is 69.7 Å². The number of ether oxygens (including phenoxy) is 2. The Kier molecular flexibility index (Phi) is 15.0. The lowest BCUT2D eigenvalue weighted by molar-refractivity contribution is -0.137. The Labute approximate surface area is 467 Å². The van der Waals surface area contributed by atoms with Crippen molar-refractivity contribution in [2.45, 2.75) is 30.7 Å². The third-order valence-corrected chi connectivity index (χ3v) is 21.8. The second-order valence-electron chi connectivity index (χ2n) is 19.0. The number of amides is 1. The lowest BCUT2D eigenvalue weighted by Gasteiger charge is -2.33. The van der Waals surface area contributed by atoms with Gasteiger partial charge in [0.2, 0.25) is 0 Å². The molecule has 0 saturated heterocycles. The molecule has 2 unspecified atom stereocenters. The Morgan fingerprint density at radius 1 is 0.566 bits per heavy atom. The van der Waals surface area contributed by atoms with Crippen molar-refractivity contribution in [2.75, 3.05) is 37.0 Å². The molecule has 5 nitrogen and oxygen atoms in total. The van der Waals surface area contributed by atoms with Crippen molar-refractivity contribution < 1.29 is 19.1 Å². The van der Waals surface area contributed by atoms with Crippen molar-refractivity contribution in [1.29, 1.82) is 0 Å². The van der Waals surface area contributed by atoms with Crippen LogP contribution in [0.2, 0.25) is 0 Å². The topological polar surface area (TPSA) is 64.6 Å². The third kappa shape index (κ3) is 10.7. The van der Waals surface area contributed by atoms with Crippen LogP contribution in [-0.2, 0) is 14.3 Å². The molecule has 8 aromatic carbocycles. The number of nitrogens with one attached hydrogen (secondary N) is 1. The fourth-order valence-corrected chi connectivity index (χ4v) is 17.9. The molecule has 0 spiro atoms. The van der Waals surface area contributed by atoms with Gasteiger partial charge in [0.05, 0.1) is 6.54 Å². The van der Waals surface area contributed by atoms with Crippen LogP contribution in [0.1, 0.15) is 11.5 Å². The largest absolute Gasteiger partial charge is 0.461 e. The first-order valence-electron chi connectivity index (χ1n) is 25.2. The van der Waals surface area contributed by atoms with Gasteiger partial charge in [0.15, 0.2) is 0 Å². The van der Waals surface area contributed by atoms with Crippen LogP contribution in [0, 0.1) is 5.41 Å². The van der Waals surface area contributed by atoms with Gasteiger partial charge in [-0.25, -0.2) is 9.59 Å². The van der Waals surface area contributed by atoms with Crippen molar-refractivity contribution >= 4 is 122 Å². The van der Waals surface area contributed by atoms with E-state index in [1.165, 1.54) is 84.2 Å². The Morgan fingerprint density at radius 2 is 1.07 bits per heavy atom. The molecule has 3 heterocycles. The molecular formula is C65H51NO4S6. The maximum absolute atomic E-state index is 13.6. The van der Waals surface area contributed by atoms with E-state index in [0.29, 0.717) is 28.4 Å². The SMILES string of the molecule is C=CC(=O)OCCNC(=O)OCC(CSc1cccc(-c2cccc3c2SC2C=CC=CC32)c1)(CSc1cccc(-c2cccc3c2sc2ccccc23)c1)CSc1cccc(-c2cccc3c2sc2ccccc23)c1. The Hall–Kier alpha value is -6.44. The van der Waals surface area contributed by atoms with Crippen LogP contribution in [0.15, 0.2) is 232 Å². The average molecular weight is 1100 g/mol. The highest BCUT2D eigenvalue weighted by atomic mass is 32.2. The second kappa shape index (κ2) is 22.6. The molecule has 2 aromatic heterocycles. The summed E-state index contributed by atoms with van der Waals surface area (Å²) in [5.74, 6) is 1.85. The fraction of sp³-hybridized carbons (Fsp3) is 0.138. The van der Waals surface area contributed by atoms with Gasteiger partial charge in [-0.15, -0.1) is 69.7 Å². The van der Waals surface area contributed by atoms with Gasteiger partial charge in [-0.2, -0.15) is 0 Å². The van der Waals surface area contributed by atoms with Crippen molar-refractivity contribution in [3.8, 4) is 33.4 Å². The van der Waals surface area contributed by atoms with Gasteiger partial charge in [-0.05, 0) is 87.5 Å². The van der Waals surface area contributed by atoms with Crippen LogP contribution in [-0.4, -0.2) is 54.3 Å². The number of carbonyl (C=O) groups is 2.